The second-order valence-electron chi connectivity index (χ2n) is 11.9. The molecule has 0 bridgehead atoms. The van der Waals surface area contributed by atoms with Gasteiger partial charge in [-0.2, -0.15) is 0 Å². The molecule has 0 aliphatic carbocycles. The number of allylic oxidation sites excluding steroid dienone is 1. The number of aliphatic hydroxyl groups is 5. The standard InChI is InChI=1S/C31H55NO9/c1-21(25(34)24-26(35)22(2)32(3)30(24)39)18-16-14-12-10-8-6-4-5-7-9-11-13-15-17-19-40-31-29(38)28(37)27(36)23(20-33)41-31/h21-23,27-29,31,33-34,36-38H,4-20H2,1-3H3/t21-,22-,23+,27+,28-,29-,31+/m0/s1. The van der Waals surface area contributed by atoms with E-state index in [1.807, 2.05) is 6.92 Å². The van der Waals surface area contributed by atoms with Gasteiger partial charge < -0.3 is 39.9 Å². The number of unbranched alkanes of at least 4 members (excludes halogenated alkanes) is 13. The van der Waals surface area contributed by atoms with Crippen molar-refractivity contribution in [1.82, 2.24) is 4.90 Å². The lowest BCUT2D eigenvalue weighted by Crippen LogP contribution is -2.59. The SMILES string of the molecule is C[C@@H](CCCCCCCCCCCCCCCCO[C@@H]1O[C@H](CO)[C@@H](O)[C@H](O)[C@@H]1O)C(O)=C1C(=O)[C@H](C)N(C)C1=O. The molecule has 10 heteroatoms. The molecule has 2 fully saturated rings. The predicted octanol–water partition coefficient (Wildman–Crippen LogP) is 3.53. The maximum atomic E-state index is 12.3. The van der Waals surface area contributed by atoms with Gasteiger partial charge in [-0.15, -0.1) is 0 Å². The Morgan fingerprint density at radius 3 is 1.78 bits per heavy atom. The number of likely N-dealkylation sites (N-methyl/N-ethyl adjacent to an activating group) is 1. The van der Waals surface area contributed by atoms with Crippen LogP contribution in [0.3, 0.4) is 0 Å². The van der Waals surface area contributed by atoms with E-state index in [4.69, 9.17) is 9.47 Å². The van der Waals surface area contributed by atoms with Crippen molar-refractivity contribution in [3.63, 3.8) is 0 Å². The number of amides is 1. The van der Waals surface area contributed by atoms with Crippen molar-refractivity contribution < 1.29 is 44.6 Å². The Hall–Kier alpha value is -1.56. The normalized spacial score (nSPS) is 28.9. The number of ketones is 1. The van der Waals surface area contributed by atoms with Gasteiger partial charge in [0.15, 0.2) is 12.1 Å². The van der Waals surface area contributed by atoms with E-state index in [2.05, 4.69) is 0 Å². The fourth-order valence-electron chi connectivity index (χ4n) is 5.54. The lowest BCUT2D eigenvalue weighted by Gasteiger charge is -2.39. The van der Waals surface area contributed by atoms with Gasteiger partial charge in [-0.05, 0) is 19.8 Å². The topological polar surface area (TPSA) is 157 Å². The maximum Gasteiger partial charge on any atom is 0.261 e. The molecule has 7 atom stereocenters. The van der Waals surface area contributed by atoms with Gasteiger partial charge in [0.25, 0.3) is 5.91 Å². The van der Waals surface area contributed by atoms with Crippen molar-refractivity contribution in [3.8, 4) is 0 Å². The Bertz CT molecular complexity index is 795. The first-order chi connectivity index (χ1) is 19.6. The molecule has 2 rings (SSSR count). The Balaban J connectivity index is 1.37. The van der Waals surface area contributed by atoms with E-state index in [-0.39, 0.29) is 28.9 Å². The predicted molar refractivity (Wildman–Crippen MR) is 155 cm³/mol. The highest BCUT2D eigenvalue weighted by molar-refractivity contribution is 6.26. The maximum absolute atomic E-state index is 12.3. The molecule has 0 saturated carbocycles. The summed E-state index contributed by atoms with van der Waals surface area (Å²) < 4.78 is 10.9. The lowest BCUT2D eigenvalue weighted by atomic mass is 9.95. The van der Waals surface area contributed by atoms with Gasteiger partial charge in [0.1, 0.15) is 35.7 Å². The number of nitrogens with zero attached hydrogens (tertiary/aromatic N) is 1. The van der Waals surface area contributed by atoms with E-state index in [9.17, 15) is 35.1 Å². The molecule has 0 spiro atoms. The summed E-state index contributed by atoms with van der Waals surface area (Å²) in [5.74, 6) is -0.872. The highest BCUT2D eigenvalue weighted by Crippen LogP contribution is 2.27. The van der Waals surface area contributed by atoms with Crippen molar-refractivity contribution in [2.45, 2.75) is 147 Å². The fourth-order valence-corrected chi connectivity index (χ4v) is 5.54. The average molecular weight is 586 g/mol. The van der Waals surface area contributed by atoms with Crippen LogP contribution in [0.25, 0.3) is 0 Å². The average Bonchev–Trinajstić information content (AvgIpc) is 3.15. The molecular formula is C31H55NO9. The van der Waals surface area contributed by atoms with Gasteiger partial charge in [0.2, 0.25) is 0 Å². The van der Waals surface area contributed by atoms with Crippen molar-refractivity contribution in [3.05, 3.63) is 11.3 Å². The minimum Gasteiger partial charge on any atom is -0.511 e. The van der Waals surface area contributed by atoms with Crippen LogP contribution >= 0.6 is 0 Å². The third-order valence-corrected chi connectivity index (χ3v) is 8.63. The Morgan fingerprint density at radius 1 is 0.829 bits per heavy atom. The van der Waals surface area contributed by atoms with Gasteiger partial charge in [-0.25, -0.2) is 0 Å². The first kappa shape index (κ1) is 35.6. The van der Waals surface area contributed by atoms with Crippen LogP contribution in [0, 0.1) is 5.92 Å². The molecule has 41 heavy (non-hydrogen) atoms. The number of carbonyl (C=O) groups excluding carboxylic acids is 2. The van der Waals surface area contributed by atoms with Crippen molar-refractivity contribution in [2.24, 2.45) is 5.92 Å². The summed E-state index contributed by atoms with van der Waals surface area (Å²) in [7, 11) is 1.59. The van der Waals surface area contributed by atoms with Crippen molar-refractivity contribution in [1.29, 1.82) is 0 Å². The number of carbonyl (C=O) groups is 2. The van der Waals surface area contributed by atoms with E-state index in [0.717, 1.165) is 38.5 Å². The second kappa shape index (κ2) is 18.9. The summed E-state index contributed by atoms with van der Waals surface area (Å²) in [6.07, 6.45) is 10.8. The first-order valence-corrected chi connectivity index (χ1v) is 15.8. The van der Waals surface area contributed by atoms with Crippen LogP contribution in [0.15, 0.2) is 11.3 Å². The zero-order valence-corrected chi connectivity index (χ0v) is 25.4. The zero-order valence-electron chi connectivity index (χ0n) is 25.4. The van der Waals surface area contributed by atoms with Crippen LogP contribution in [-0.4, -0.2) is 99.1 Å². The molecule has 238 valence electrons. The van der Waals surface area contributed by atoms with Crippen LogP contribution in [0.5, 0.6) is 0 Å². The number of likely N-dealkylation sites (tertiary alicyclic amines) is 1. The lowest BCUT2D eigenvalue weighted by molar-refractivity contribution is -0.301. The van der Waals surface area contributed by atoms with E-state index >= 15 is 0 Å². The smallest absolute Gasteiger partial charge is 0.261 e. The highest BCUT2D eigenvalue weighted by Gasteiger charge is 2.44. The number of Topliss-reactive ketones (excluding diaryl/α,β-unsaturated/α-hetero) is 1. The van der Waals surface area contributed by atoms with Crippen LogP contribution in [0.2, 0.25) is 0 Å². The molecule has 1 amide bonds. The summed E-state index contributed by atoms with van der Waals surface area (Å²) in [5, 5.41) is 49.2. The van der Waals surface area contributed by atoms with Gasteiger partial charge in [-0.1, -0.05) is 90.4 Å². The third-order valence-electron chi connectivity index (χ3n) is 8.63. The number of hydrogen-bond acceptors (Lipinski definition) is 9. The molecule has 2 aliphatic heterocycles. The van der Waals surface area contributed by atoms with Gasteiger partial charge in [0, 0.05) is 19.6 Å². The van der Waals surface area contributed by atoms with E-state index < -0.39 is 43.4 Å². The third kappa shape index (κ3) is 10.9. The minimum atomic E-state index is -1.40. The fraction of sp³-hybridized carbons (Fsp3) is 0.871. The number of hydrogen-bond donors (Lipinski definition) is 5. The molecule has 0 aromatic heterocycles. The minimum absolute atomic E-state index is 0.0211. The number of rotatable bonds is 20. The number of aliphatic hydroxyl groups excluding tert-OH is 5. The van der Waals surface area contributed by atoms with Crippen molar-refractivity contribution in [2.75, 3.05) is 20.3 Å². The second-order valence-corrected chi connectivity index (χ2v) is 11.9. The Morgan fingerprint density at radius 2 is 1.32 bits per heavy atom. The Kier molecular flexibility index (Phi) is 16.4. The van der Waals surface area contributed by atoms with Crippen LogP contribution in [0.4, 0.5) is 0 Å². The molecular weight excluding hydrogens is 530 g/mol. The molecule has 0 aromatic rings. The Labute approximate surface area is 245 Å². The monoisotopic (exact) mass is 585 g/mol. The molecule has 0 aromatic carbocycles. The molecule has 2 aliphatic rings. The zero-order chi connectivity index (χ0) is 30.4. The quantitative estimate of drug-likeness (QED) is 0.0624. The summed E-state index contributed by atoms with van der Waals surface area (Å²) in [4.78, 5) is 25.9. The summed E-state index contributed by atoms with van der Waals surface area (Å²) in [6.45, 7) is 3.51. The molecule has 0 radical (unpaired) electrons. The van der Waals surface area contributed by atoms with Crippen LogP contribution in [0.1, 0.15) is 110 Å². The van der Waals surface area contributed by atoms with Gasteiger partial charge in [0.05, 0.1) is 12.6 Å². The summed E-state index contributed by atoms with van der Waals surface area (Å²) in [5.41, 5.74) is -0.0211. The largest absolute Gasteiger partial charge is 0.511 e. The summed E-state index contributed by atoms with van der Waals surface area (Å²) >= 11 is 0. The van der Waals surface area contributed by atoms with Crippen molar-refractivity contribution >= 4 is 11.7 Å². The number of ether oxygens (including phenoxy) is 2. The highest BCUT2D eigenvalue weighted by atomic mass is 16.7. The molecule has 2 saturated heterocycles. The van der Waals surface area contributed by atoms with Gasteiger partial charge in [-0.3, -0.25) is 9.59 Å². The molecule has 10 nitrogen and oxygen atoms in total. The molecule has 2 heterocycles. The van der Waals surface area contributed by atoms with Crippen LogP contribution < -0.4 is 0 Å². The van der Waals surface area contributed by atoms with E-state index in [1.54, 1.807) is 14.0 Å². The van der Waals surface area contributed by atoms with E-state index in [0.29, 0.717) is 6.61 Å². The van der Waals surface area contributed by atoms with Crippen LogP contribution in [-0.2, 0) is 19.1 Å². The molecule has 0 unspecified atom stereocenters. The first-order valence-electron chi connectivity index (χ1n) is 15.8. The van der Waals surface area contributed by atoms with E-state index in [1.165, 1.54) is 62.7 Å². The van der Waals surface area contributed by atoms with Gasteiger partial charge >= 0.3 is 0 Å². The summed E-state index contributed by atoms with van der Waals surface area (Å²) in [6, 6.07) is -0.499. The molecule has 5 N–H and O–H groups in total.